The van der Waals surface area contributed by atoms with Gasteiger partial charge in [0.2, 0.25) is 0 Å². The molecule has 0 unspecified atom stereocenters. The quantitative estimate of drug-likeness (QED) is 0.757. The van der Waals surface area contributed by atoms with Crippen molar-refractivity contribution in [2.45, 2.75) is 6.54 Å². The predicted molar refractivity (Wildman–Crippen MR) is 92.2 cm³/mol. The van der Waals surface area contributed by atoms with Gasteiger partial charge in [0.05, 0.1) is 22.3 Å². The lowest BCUT2D eigenvalue weighted by Crippen LogP contribution is -2.12. The fraction of sp³-hybridized carbons (Fsp3) is 0.0588. The molecule has 0 aliphatic rings. The Balaban J connectivity index is 1.71. The van der Waals surface area contributed by atoms with Crippen molar-refractivity contribution < 1.29 is 4.79 Å². The number of hydrogen-bond acceptors (Lipinski definition) is 2. The number of halogens is 2. The fourth-order valence-electron chi connectivity index (χ4n) is 2.14. The Morgan fingerprint density at radius 1 is 1.09 bits per heavy atom. The minimum absolute atomic E-state index is 0.236. The number of amides is 1. The van der Waals surface area contributed by atoms with Gasteiger partial charge in [-0.3, -0.25) is 9.48 Å². The molecule has 4 nitrogen and oxygen atoms in total. The maximum Gasteiger partial charge on any atom is 0.255 e. The van der Waals surface area contributed by atoms with Crippen molar-refractivity contribution in [3.63, 3.8) is 0 Å². The lowest BCUT2D eigenvalue weighted by molar-refractivity contribution is 0.102. The fourth-order valence-corrected chi connectivity index (χ4v) is 2.49. The average Bonchev–Trinajstić information content (AvgIpc) is 3.05. The van der Waals surface area contributed by atoms with Gasteiger partial charge in [-0.1, -0.05) is 41.4 Å². The van der Waals surface area contributed by atoms with E-state index in [4.69, 9.17) is 23.2 Å². The van der Waals surface area contributed by atoms with Gasteiger partial charge in [0.15, 0.2) is 0 Å². The minimum atomic E-state index is -0.236. The Bertz CT molecular complexity index is 814. The lowest BCUT2D eigenvalue weighted by Gasteiger charge is -2.09. The molecule has 0 bridgehead atoms. The van der Waals surface area contributed by atoms with Crippen LogP contribution in [0.2, 0.25) is 10.0 Å². The van der Waals surface area contributed by atoms with Gasteiger partial charge < -0.3 is 5.32 Å². The zero-order valence-electron chi connectivity index (χ0n) is 12.0. The lowest BCUT2D eigenvalue weighted by atomic mass is 10.1. The molecular formula is C17H13Cl2N3O. The van der Waals surface area contributed by atoms with Crippen LogP contribution in [0.3, 0.4) is 0 Å². The number of carbonyl (C=O) groups is 1. The van der Waals surface area contributed by atoms with Gasteiger partial charge in [-0.05, 0) is 35.9 Å². The van der Waals surface area contributed by atoms with E-state index in [-0.39, 0.29) is 5.91 Å². The Labute approximate surface area is 143 Å². The summed E-state index contributed by atoms with van der Waals surface area (Å²) in [4.78, 5) is 12.3. The molecule has 0 spiro atoms. The molecule has 6 heteroatoms. The van der Waals surface area contributed by atoms with E-state index in [1.165, 1.54) is 0 Å². The molecule has 0 atom stereocenters. The van der Waals surface area contributed by atoms with Crippen molar-refractivity contribution >= 4 is 34.8 Å². The highest BCUT2D eigenvalue weighted by Crippen LogP contribution is 2.29. The molecule has 0 fully saturated rings. The molecule has 1 aromatic heterocycles. The molecule has 1 amide bonds. The molecule has 0 aliphatic carbocycles. The average molecular weight is 346 g/mol. The molecule has 116 valence electrons. The van der Waals surface area contributed by atoms with Crippen molar-refractivity contribution in [3.8, 4) is 0 Å². The van der Waals surface area contributed by atoms with Gasteiger partial charge in [0, 0.05) is 18.0 Å². The van der Waals surface area contributed by atoms with Crippen molar-refractivity contribution in [2.24, 2.45) is 0 Å². The first-order chi connectivity index (χ1) is 11.1. The van der Waals surface area contributed by atoms with Crippen LogP contribution in [0.4, 0.5) is 5.69 Å². The maximum atomic E-state index is 12.3. The van der Waals surface area contributed by atoms with Gasteiger partial charge in [-0.2, -0.15) is 5.10 Å². The summed E-state index contributed by atoms with van der Waals surface area (Å²) in [5.74, 6) is -0.236. The van der Waals surface area contributed by atoms with E-state index in [2.05, 4.69) is 10.4 Å². The zero-order chi connectivity index (χ0) is 16.2. The van der Waals surface area contributed by atoms with Gasteiger partial charge in [0.1, 0.15) is 0 Å². The standard InChI is InChI=1S/C17H13Cl2N3O/c18-14-3-1-4-15(16(14)19)21-17(23)13-7-5-12(6-8-13)11-22-10-2-9-20-22/h1-10H,11H2,(H,21,23). The predicted octanol–water partition coefficient (Wildman–Crippen LogP) is 4.49. The number of nitrogens with zero attached hydrogens (tertiary/aromatic N) is 2. The van der Waals surface area contributed by atoms with E-state index in [1.807, 2.05) is 29.1 Å². The van der Waals surface area contributed by atoms with Crippen LogP contribution < -0.4 is 5.32 Å². The Morgan fingerprint density at radius 2 is 1.87 bits per heavy atom. The summed E-state index contributed by atoms with van der Waals surface area (Å²) in [6.07, 6.45) is 3.62. The first-order valence-corrected chi connectivity index (χ1v) is 7.71. The third-order valence-corrected chi connectivity index (χ3v) is 4.14. The van der Waals surface area contributed by atoms with Crippen LogP contribution in [0.15, 0.2) is 60.9 Å². The van der Waals surface area contributed by atoms with Gasteiger partial charge >= 0.3 is 0 Å². The number of hydrogen-bond donors (Lipinski definition) is 1. The molecule has 0 aliphatic heterocycles. The highest BCUT2D eigenvalue weighted by Gasteiger charge is 2.10. The van der Waals surface area contributed by atoms with Crippen molar-refractivity contribution in [1.82, 2.24) is 9.78 Å². The molecule has 23 heavy (non-hydrogen) atoms. The molecule has 3 rings (SSSR count). The number of benzene rings is 2. The van der Waals surface area contributed by atoms with E-state index in [1.54, 1.807) is 36.5 Å². The van der Waals surface area contributed by atoms with Crippen LogP contribution >= 0.6 is 23.2 Å². The summed E-state index contributed by atoms with van der Waals surface area (Å²) in [5, 5.41) is 7.65. The molecule has 0 radical (unpaired) electrons. The normalized spacial score (nSPS) is 10.5. The Kier molecular flexibility index (Phi) is 4.65. The van der Waals surface area contributed by atoms with Crippen LogP contribution in [0.5, 0.6) is 0 Å². The summed E-state index contributed by atoms with van der Waals surface area (Å²) < 4.78 is 1.82. The SMILES string of the molecule is O=C(Nc1cccc(Cl)c1Cl)c1ccc(Cn2cccn2)cc1. The second-order valence-corrected chi connectivity index (χ2v) is 5.74. The zero-order valence-corrected chi connectivity index (χ0v) is 13.6. The molecule has 1 heterocycles. The maximum absolute atomic E-state index is 12.3. The van der Waals surface area contributed by atoms with E-state index in [0.717, 1.165) is 5.56 Å². The van der Waals surface area contributed by atoms with Crippen LogP contribution in [-0.4, -0.2) is 15.7 Å². The van der Waals surface area contributed by atoms with Gasteiger partial charge in [-0.25, -0.2) is 0 Å². The van der Waals surface area contributed by atoms with E-state index >= 15 is 0 Å². The molecule has 0 saturated heterocycles. The minimum Gasteiger partial charge on any atom is -0.321 e. The number of nitrogens with one attached hydrogen (secondary N) is 1. The van der Waals surface area contributed by atoms with Gasteiger partial charge in [-0.15, -0.1) is 0 Å². The van der Waals surface area contributed by atoms with E-state index in [9.17, 15) is 4.79 Å². The summed E-state index contributed by atoms with van der Waals surface area (Å²) in [6, 6.07) is 14.3. The number of rotatable bonds is 4. The first kappa shape index (κ1) is 15.6. The molecular weight excluding hydrogens is 333 g/mol. The van der Waals surface area contributed by atoms with Crippen molar-refractivity contribution in [2.75, 3.05) is 5.32 Å². The molecule has 3 aromatic rings. The molecule has 2 aromatic carbocycles. The summed E-state index contributed by atoms with van der Waals surface area (Å²) >= 11 is 12.0. The largest absolute Gasteiger partial charge is 0.321 e. The van der Waals surface area contributed by atoms with Crippen molar-refractivity contribution in [3.05, 3.63) is 82.1 Å². The van der Waals surface area contributed by atoms with Gasteiger partial charge in [0.25, 0.3) is 5.91 Å². The number of carbonyl (C=O) groups excluding carboxylic acids is 1. The molecule has 1 N–H and O–H groups in total. The van der Waals surface area contributed by atoms with Crippen LogP contribution in [-0.2, 0) is 6.54 Å². The Morgan fingerprint density at radius 3 is 2.57 bits per heavy atom. The highest BCUT2D eigenvalue weighted by atomic mass is 35.5. The third kappa shape index (κ3) is 3.73. The first-order valence-electron chi connectivity index (χ1n) is 6.95. The topological polar surface area (TPSA) is 46.9 Å². The van der Waals surface area contributed by atoms with Crippen molar-refractivity contribution in [1.29, 1.82) is 0 Å². The third-order valence-electron chi connectivity index (χ3n) is 3.32. The summed E-state index contributed by atoms with van der Waals surface area (Å²) in [6.45, 7) is 0.662. The Hall–Kier alpha value is -2.30. The van der Waals surface area contributed by atoms with Crippen LogP contribution in [0.1, 0.15) is 15.9 Å². The van der Waals surface area contributed by atoms with E-state index in [0.29, 0.717) is 27.8 Å². The summed E-state index contributed by atoms with van der Waals surface area (Å²) in [5.41, 5.74) is 2.10. The van der Waals surface area contributed by atoms with Crippen LogP contribution in [0, 0.1) is 0 Å². The van der Waals surface area contributed by atoms with Crippen LogP contribution in [0.25, 0.3) is 0 Å². The monoisotopic (exact) mass is 345 g/mol. The number of anilines is 1. The smallest absolute Gasteiger partial charge is 0.255 e. The molecule has 0 saturated carbocycles. The van der Waals surface area contributed by atoms with E-state index < -0.39 is 0 Å². The second kappa shape index (κ2) is 6.86. The second-order valence-electron chi connectivity index (χ2n) is 4.96. The summed E-state index contributed by atoms with van der Waals surface area (Å²) in [7, 11) is 0. The number of aromatic nitrogens is 2. The highest BCUT2D eigenvalue weighted by molar-refractivity contribution is 6.44.